The third-order valence-corrected chi connectivity index (χ3v) is 6.95. The van der Waals surface area contributed by atoms with Crippen molar-refractivity contribution in [1.82, 2.24) is 9.47 Å². The van der Waals surface area contributed by atoms with E-state index >= 15 is 0 Å². The predicted octanol–water partition coefficient (Wildman–Crippen LogP) is 1.76. The van der Waals surface area contributed by atoms with Crippen molar-refractivity contribution in [3.63, 3.8) is 0 Å². The molecule has 2 amide bonds. The average molecular weight is 452 g/mol. The molecule has 4 heterocycles. The second-order valence-electron chi connectivity index (χ2n) is 8.96. The maximum Gasteiger partial charge on any atom is 0.334 e. The number of rotatable bonds is 4. The van der Waals surface area contributed by atoms with E-state index in [1.54, 1.807) is 30.2 Å². The molecule has 1 aromatic carbocycles. The van der Waals surface area contributed by atoms with Crippen molar-refractivity contribution in [3.8, 4) is 5.75 Å². The largest absolute Gasteiger partial charge is 0.497 e. The van der Waals surface area contributed by atoms with Gasteiger partial charge in [-0.2, -0.15) is 0 Å². The van der Waals surface area contributed by atoms with E-state index in [9.17, 15) is 24.5 Å². The van der Waals surface area contributed by atoms with Gasteiger partial charge >= 0.3 is 11.2 Å². The Morgan fingerprint density at radius 3 is 2.52 bits per heavy atom. The SMILES string of the molecule is COc1ccc(N2CC(C(=O)N3C[C@@H]4C[C@@H](C3)c3ccc([N+](=O)[O-])c(=O)n3C4)CC2=O)cc1. The predicted molar refractivity (Wildman–Crippen MR) is 118 cm³/mol. The number of amides is 2. The zero-order valence-electron chi connectivity index (χ0n) is 18.2. The molecule has 0 N–H and O–H groups in total. The van der Waals surface area contributed by atoms with Gasteiger partial charge in [0.1, 0.15) is 5.75 Å². The Morgan fingerprint density at radius 2 is 1.82 bits per heavy atom. The van der Waals surface area contributed by atoms with E-state index in [0.29, 0.717) is 31.9 Å². The molecular weight excluding hydrogens is 428 g/mol. The van der Waals surface area contributed by atoms with Gasteiger partial charge in [-0.05, 0) is 42.7 Å². The fourth-order valence-corrected chi connectivity index (χ4v) is 5.40. The number of ether oxygens (including phenoxy) is 1. The lowest BCUT2D eigenvalue weighted by Gasteiger charge is -2.43. The zero-order valence-corrected chi connectivity index (χ0v) is 18.2. The van der Waals surface area contributed by atoms with Gasteiger partial charge in [-0.15, -0.1) is 0 Å². The maximum atomic E-state index is 13.3. The van der Waals surface area contributed by atoms with E-state index < -0.39 is 22.1 Å². The minimum absolute atomic E-state index is 0.0493. The normalized spacial score (nSPS) is 23.9. The van der Waals surface area contributed by atoms with Gasteiger partial charge in [0.25, 0.3) is 0 Å². The molecule has 1 aromatic heterocycles. The van der Waals surface area contributed by atoms with Crippen LogP contribution in [0.5, 0.6) is 5.75 Å². The minimum Gasteiger partial charge on any atom is -0.497 e. The lowest BCUT2D eigenvalue weighted by Crippen LogP contribution is -2.51. The summed E-state index contributed by atoms with van der Waals surface area (Å²) in [5.74, 6) is 0.145. The summed E-state index contributed by atoms with van der Waals surface area (Å²) in [7, 11) is 1.58. The number of aromatic nitrogens is 1. The molecule has 10 nitrogen and oxygen atoms in total. The number of fused-ring (bicyclic) bond motifs is 4. The van der Waals surface area contributed by atoms with Gasteiger partial charge in [-0.1, -0.05) is 0 Å². The van der Waals surface area contributed by atoms with Gasteiger partial charge in [0.05, 0.1) is 18.0 Å². The van der Waals surface area contributed by atoms with E-state index in [-0.39, 0.29) is 30.1 Å². The molecular formula is C23H24N4O6. The summed E-state index contributed by atoms with van der Waals surface area (Å²) in [5, 5.41) is 11.1. The summed E-state index contributed by atoms with van der Waals surface area (Å²) in [6.07, 6.45) is 1.00. The number of carbonyl (C=O) groups is 2. The number of pyridine rings is 1. The smallest absolute Gasteiger partial charge is 0.334 e. The zero-order chi connectivity index (χ0) is 23.3. The number of likely N-dealkylation sites (tertiary alicyclic amines) is 1. The summed E-state index contributed by atoms with van der Waals surface area (Å²) in [4.78, 5) is 52.5. The van der Waals surface area contributed by atoms with Crippen LogP contribution in [0, 0.1) is 22.0 Å². The molecule has 1 unspecified atom stereocenters. The van der Waals surface area contributed by atoms with Crippen LogP contribution in [0.4, 0.5) is 11.4 Å². The van der Waals surface area contributed by atoms with Gasteiger partial charge in [-0.25, -0.2) is 0 Å². The molecule has 33 heavy (non-hydrogen) atoms. The first-order valence-electron chi connectivity index (χ1n) is 11.0. The molecule has 3 aliphatic rings. The van der Waals surface area contributed by atoms with E-state index in [1.807, 2.05) is 17.0 Å². The van der Waals surface area contributed by atoms with Crippen LogP contribution in [0.25, 0.3) is 0 Å². The Bertz CT molecular complexity index is 1190. The standard InChI is InChI=1S/C23H24N4O6/c1-33-18-4-2-17(3-5-18)25-13-16(9-21(25)28)22(29)24-10-14-8-15(12-24)19-6-7-20(27(31)32)23(30)26(19)11-14/h2-7,14-16H,8-13H2,1H3/t14-,15-,16?/m0/s1. The molecule has 3 atom stereocenters. The van der Waals surface area contributed by atoms with Crippen molar-refractivity contribution >= 4 is 23.2 Å². The first-order valence-corrected chi connectivity index (χ1v) is 11.0. The van der Waals surface area contributed by atoms with E-state index in [4.69, 9.17) is 4.74 Å². The molecule has 10 heteroatoms. The van der Waals surface area contributed by atoms with Gasteiger partial charge in [0.2, 0.25) is 11.8 Å². The van der Waals surface area contributed by atoms with Gasteiger partial charge < -0.3 is 19.1 Å². The van der Waals surface area contributed by atoms with Crippen LogP contribution in [0.2, 0.25) is 0 Å². The fraction of sp³-hybridized carbons (Fsp3) is 0.435. The molecule has 5 rings (SSSR count). The number of carbonyl (C=O) groups excluding carboxylic acids is 2. The van der Waals surface area contributed by atoms with Crippen LogP contribution in [0.15, 0.2) is 41.2 Å². The highest BCUT2D eigenvalue weighted by atomic mass is 16.6. The summed E-state index contributed by atoms with van der Waals surface area (Å²) in [5.41, 5.74) is 0.474. The Balaban J connectivity index is 1.32. The van der Waals surface area contributed by atoms with Crippen LogP contribution in [0.3, 0.4) is 0 Å². The van der Waals surface area contributed by atoms with Crippen molar-refractivity contribution in [2.75, 3.05) is 31.6 Å². The van der Waals surface area contributed by atoms with Crippen molar-refractivity contribution < 1.29 is 19.2 Å². The highest BCUT2D eigenvalue weighted by molar-refractivity contribution is 6.00. The number of anilines is 1. The van der Waals surface area contributed by atoms with Gasteiger partial charge in [0, 0.05) is 56.0 Å². The maximum absolute atomic E-state index is 13.3. The van der Waals surface area contributed by atoms with Crippen LogP contribution in [0.1, 0.15) is 24.5 Å². The van der Waals surface area contributed by atoms with E-state index in [1.165, 1.54) is 10.6 Å². The molecule has 2 saturated heterocycles. The van der Waals surface area contributed by atoms with Crippen LogP contribution < -0.4 is 15.2 Å². The van der Waals surface area contributed by atoms with Crippen LogP contribution in [-0.2, 0) is 16.1 Å². The van der Waals surface area contributed by atoms with Crippen molar-refractivity contribution in [3.05, 3.63) is 62.6 Å². The lowest BCUT2D eigenvalue weighted by molar-refractivity contribution is -0.386. The number of piperidine rings is 1. The summed E-state index contributed by atoms with van der Waals surface area (Å²) in [6.45, 7) is 1.62. The number of hydrogen-bond acceptors (Lipinski definition) is 6. The van der Waals surface area contributed by atoms with Crippen LogP contribution in [-0.4, -0.2) is 52.9 Å². The molecule has 2 aromatic rings. The molecule has 2 bridgehead atoms. The van der Waals surface area contributed by atoms with E-state index in [0.717, 1.165) is 17.8 Å². The summed E-state index contributed by atoms with van der Waals surface area (Å²) >= 11 is 0. The topological polar surface area (TPSA) is 115 Å². The number of nitro groups is 1. The third kappa shape index (κ3) is 3.65. The molecule has 0 saturated carbocycles. The molecule has 0 radical (unpaired) electrons. The summed E-state index contributed by atoms with van der Waals surface area (Å²) < 4.78 is 6.67. The highest BCUT2D eigenvalue weighted by Crippen LogP contribution is 2.37. The van der Waals surface area contributed by atoms with Gasteiger partial charge in [-0.3, -0.25) is 24.5 Å². The molecule has 0 spiro atoms. The van der Waals surface area contributed by atoms with Crippen molar-refractivity contribution in [2.24, 2.45) is 11.8 Å². The minimum atomic E-state index is -0.651. The second-order valence-corrected chi connectivity index (χ2v) is 8.96. The number of nitrogens with zero attached hydrogens (tertiary/aromatic N) is 4. The molecule has 3 aliphatic heterocycles. The van der Waals surface area contributed by atoms with Crippen molar-refractivity contribution in [2.45, 2.75) is 25.3 Å². The second kappa shape index (κ2) is 8.02. The van der Waals surface area contributed by atoms with Gasteiger partial charge in [0.15, 0.2) is 0 Å². The third-order valence-electron chi connectivity index (χ3n) is 6.95. The average Bonchev–Trinajstić information content (AvgIpc) is 3.20. The Labute approximate surface area is 189 Å². The van der Waals surface area contributed by atoms with Crippen molar-refractivity contribution in [1.29, 1.82) is 0 Å². The monoisotopic (exact) mass is 452 g/mol. The first kappa shape index (κ1) is 21.2. The Morgan fingerprint density at radius 1 is 1.06 bits per heavy atom. The Hall–Kier alpha value is -3.69. The molecule has 0 aliphatic carbocycles. The Kier molecular flexibility index (Phi) is 5.15. The molecule has 2 fully saturated rings. The quantitative estimate of drug-likeness (QED) is 0.516. The first-order chi connectivity index (χ1) is 15.9. The highest BCUT2D eigenvalue weighted by Gasteiger charge is 2.42. The lowest BCUT2D eigenvalue weighted by atomic mass is 9.82. The van der Waals surface area contributed by atoms with Crippen LogP contribution >= 0.6 is 0 Å². The number of methoxy groups -OCH3 is 1. The fourth-order valence-electron chi connectivity index (χ4n) is 5.40. The molecule has 172 valence electrons. The number of benzene rings is 1. The number of hydrogen-bond donors (Lipinski definition) is 0. The van der Waals surface area contributed by atoms with E-state index in [2.05, 4.69) is 0 Å². The summed E-state index contributed by atoms with van der Waals surface area (Å²) in [6, 6.07) is 10.1.